The number of amides is 4. The van der Waals surface area contributed by atoms with Crippen LogP contribution in [-0.4, -0.2) is 34.8 Å². The van der Waals surface area contributed by atoms with Gasteiger partial charge in [-0.1, -0.05) is 18.2 Å². The van der Waals surface area contributed by atoms with Crippen LogP contribution in [-0.2, 0) is 22.4 Å². The second-order valence-corrected chi connectivity index (χ2v) is 7.47. The molecule has 1 fully saturated rings. The topological polar surface area (TPSA) is 78.5 Å². The van der Waals surface area contributed by atoms with E-state index >= 15 is 0 Å². The minimum atomic E-state index is -0.957. The van der Waals surface area contributed by atoms with Gasteiger partial charge in [0.1, 0.15) is 12.1 Å². The first-order valence-electron chi connectivity index (χ1n) is 8.83. The average molecular weight is 343 g/mol. The van der Waals surface area contributed by atoms with Crippen LogP contribution < -0.4 is 10.6 Å². The van der Waals surface area contributed by atoms with E-state index in [0.717, 1.165) is 23.3 Å². The maximum Gasteiger partial charge on any atom is 0.325 e. The third-order valence-electron chi connectivity index (χ3n) is 5.00. The summed E-state index contributed by atoms with van der Waals surface area (Å²) in [6.07, 6.45) is 4.65. The van der Waals surface area contributed by atoms with E-state index in [1.807, 2.05) is 13.0 Å². The molecule has 0 aromatic heterocycles. The van der Waals surface area contributed by atoms with E-state index in [1.54, 1.807) is 13.8 Å². The molecule has 0 spiro atoms. The Morgan fingerprint density at radius 2 is 1.92 bits per heavy atom. The third kappa shape index (κ3) is 3.52. The Morgan fingerprint density at radius 1 is 1.24 bits per heavy atom. The Labute approximate surface area is 148 Å². The summed E-state index contributed by atoms with van der Waals surface area (Å²) in [6.45, 7) is 4.91. The Hall–Kier alpha value is -2.37. The Morgan fingerprint density at radius 3 is 2.56 bits per heavy atom. The van der Waals surface area contributed by atoms with Gasteiger partial charge in [0.05, 0.1) is 6.04 Å². The van der Waals surface area contributed by atoms with Crippen molar-refractivity contribution in [3.63, 3.8) is 0 Å². The Balaban J connectivity index is 1.63. The van der Waals surface area contributed by atoms with Gasteiger partial charge in [0.25, 0.3) is 5.91 Å². The van der Waals surface area contributed by atoms with Crippen LogP contribution in [0.25, 0.3) is 0 Å². The highest BCUT2D eigenvalue weighted by Gasteiger charge is 2.44. The van der Waals surface area contributed by atoms with Gasteiger partial charge in [0.2, 0.25) is 5.91 Å². The van der Waals surface area contributed by atoms with Crippen LogP contribution in [0.2, 0.25) is 0 Å². The SMILES string of the molecule is C[C@H](NC(=O)CN1C(=O)NC(C)(C)C1=O)c1ccc2c(c1)CCCC2. The van der Waals surface area contributed by atoms with Crippen LogP contribution in [0.3, 0.4) is 0 Å². The first kappa shape index (κ1) is 17.5. The fraction of sp³-hybridized carbons (Fsp3) is 0.526. The highest BCUT2D eigenvalue weighted by molar-refractivity contribution is 6.08. The summed E-state index contributed by atoms with van der Waals surface area (Å²) in [5, 5.41) is 5.46. The van der Waals surface area contributed by atoms with Crippen LogP contribution in [0, 0.1) is 0 Å². The molecule has 3 rings (SSSR count). The van der Waals surface area contributed by atoms with Crippen LogP contribution in [0.1, 0.15) is 56.3 Å². The van der Waals surface area contributed by atoms with Gasteiger partial charge in [-0.2, -0.15) is 0 Å². The molecular weight excluding hydrogens is 318 g/mol. The zero-order chi connectivity index (χ0) is 18.2. The molecule has 1 aliphatic carbocycles. The van der Waals surface area contributed by atoms with Crippen LogP contribution >= 0.6 is 0 Å². The lowest BCUT2D eigenvalue weighted by Gasteiger charge is -2.21. The molecule has 1 atom stereocenters. The van der Waals surface area contributed by atoms with E-state index in [2.05, 4.69) is 22.8 Å². The zero-order valence-corrected chi connectivity index (χ0v) is 15.0. The molecule has 0 radical (unpaired) electrons. The largest absolute Gasteiger partial charge is 0.348 e. The smallest absolute Gasteiger partial charge is 0.325 e. The number of carbonyl (C=O) groups is 3. The number of benzene rings is 1. The number of carbonyl (C=O) groups excluding carboxylic acids is 3. The van der Waals surface area contributed by atoms with E-state index in [0.29, 0.717) is 0 Å². The van der Waals surface area contributed by atoms with Crippen molar-refractivity contribution in [1.82, 2.24) is 15.5 Å². The third-order valence-corrected chi connectivity index (χ3v) is 5.00. The summed E-state index contributed by atoms with van der Waals surface area (Å²) in [7, 11) is 0. The number of rotatable bonds is 4. The molecule has 25 heavy (non-hydrogen) atoms. The normalized spacial score (nSPS) is 20.0. The predicted octanol–water partition coefficient (Wildman–Crippen LogP) is 2.07. The highest BCUT2D eigenvalue weighted by atomic mass is 16.2. The fourth-order valence-corrected chi connectivity index (χ4v) is 3.50. The highest BCUT2D eigenvalue weighted by Crippen LogP contribution is 2.25. The van der Waals surface area contributed by atoms with Crippen molar-refractivity contribution in [3.8, 4) is 0 Å². The molecule has 1 aromatic rings. The molecule has 6 nitrogen and oxygen atoms in total. The van der Waals surface area contributed by atoms with Gasteiger partial charge in [0.15, 0.2) is 0 Å². The monoisotopic (exact) mass is 343 g/mol. The molecule has 2 aliphatic rings. The average Bonchev–Trinajstić information content (AvgIpc) is 2.76. The van der Waals surface area contributed by atoms with Gasteiger partial charge >= 0.3 is 6.03 Å². The molecule has 0 saturated carbocycles. The minimum Gasteiger partial charge on any atom is -0.348 e. The number of hydrogen-bond acceptors (Lipinski definition) is 3. The van der Waals surface area contributed by atoms with Crippen LogP contribution in [0.15, 0.2) is 18.2 Å². The predicted molar refractivity (Wildman–Crippen MR) is 94.0 cm³/mol. The van der Waals surface area contributed by atoms with Crippen LogP contribution in [0.5, 0.6) is 0 Å². The van der Waals surface area contributed by atoms with Crippen molar-refractivity contribution >= 4 is 17.8 Å². The molecule has 0 bridgehead atoms. The van der Waals surface area contributed by atoms with Gasteiger partial charge in [0, 0.05) is 0 Å². The Bertz CT molecular complexity index is 727. The summed E-state index contributed by atoms with van der Waals surface area (Å²) in [5.74, 6) is -0.722. The van der Waals surface area contributed by atoms with E-state index < -0.39 is 11.6 Å². The lowest BCUT2D eigenvalue weighted by molar-refractivity contribution is -0.134. The molecular formula is C19H25N3O3. The maximum atomic E-state index is 12.3. The molecule has 134 valence electrons. The molecule has 6 heteroatoms. The summed E-state index contributed by atoms with van der Waals surface area (Å²) in [5.41, 5.74) is 2.85. The molecule has 0 unspecified atom stereocenters. The van der Waals surface area contributed by atoms with Crippen molar-refractivity contribution in [3.05, 3.63) is 34.9 Å². The minimum absolute atomic E-state index is 0.173. The number of fused-ring (bicyclic) bond motifs is 1. The van der Waals surface area contributed by atoms with Gasteiger partial charge in [-0.05, 0) is 63.1 Å². The summed E-state index contributed by atoms with van der Waals surface area (Å²) in [4.78, 5) is 37.3. The van der Waals surface area contributed by atoms with Crippen molar-refractivity contribution < 1.29 is 14.4 Å². The lowest BCUT2D eigenvalue weighted by Crippen LogP contribution is -2.43. The van der Waals surface area contributed by atoms with Gasteiger partial charge in [-0.15, -0.1) is 0 Å². The van der Waals surface area contributed by atoms with E-state index in [-0.39, 0.29) is 24.4 Å². The Kier molecular flexibility index (Phi) is 4.54. The fourth-order valence-electron chi connectivity index (χ4n) is 3.50. The van der Waals surface area contributed by atoms with Crippen molar-refractivity contribution in [2.45, 2.75) is 58.0 Å². The first-order valence-corrected chi connectivity index (χ1v) is 8.83. The zero-order valence-electron chi connectivity index (χ0n) is 15.0. The van der Waals surface area contributed by atoms with Gasteiger partial charge in [-0.3, -0.25) is 14.5 Å². The maximum absolute atomic E-state index is 12.3. The number of nitrogens with zero attached hydrogens (tertiary/aromatic N) is 1. The number of aryl methyl sites for hydroxylation is 2. The summed E-state index contributed by atoms with van der Waals surface area (Å²) < 4.78 is 0. The van der Waals surface area contributed by atoms with Crippen molar-refractivity contribution in [2.75, 3.05) is 6.54 Å². The first-order chi connectivity index (χ1) is 11.8. The molecule has 1 aliphatic heterocycles. The number of imide groups is 1. The van der Waals surface area contributed by atoms with Crippen LogP contribution in [0.4, 0.5) is 4.79 Å². The number of nitrogens with one attached hydrogen (secondary N) is 2. The second kappa shape index (κ2) is 6.50. The van der Waals surface area contributed by atoms with Crippen molar-refractivity contribution in [1.29, 1.82) is 0 Å². The summed E-state index contributed by atoms with van der Waals surface area (Å²) >= 11 is 0. The lowest BCUT2D eigenvalue weighted by atomic mass is 9.89. The quantitative estimate of drug-likeness (QED) is 0.822. The van der Waals surface area contributed by atoms with Crippen molar-refractivity contribution in [2.24, 2.45) is 0 Å². The van der Waals surface area contributed by atoms with Gasteiger partial charge < -0.3 is 10.6 Å². The van der Waals surface area contributed by atoms with E-state index in [1.165, 1.54) is 24.0 Å². The second-order valence-electron chi connectivity index (χ2n) is 7.47. The van der Waals surface area contributed by atoms with Gasteiger partial charge in [-0.25, -0.2) is 4.79 Å². The standard InChI is InChI=1S/C19H25N3O3/c1-12(14-9-8-13-6-4-5-7-15(13)10-14)20-16(23)11-22-17(24)19(2,3)21-18(22)25/h8-10,12H,4-7,11H2,1-3H3,(H,20,23)(H,21,25)/t12-/m0/s1. The summed E-state index contributed by atoms with van der Waals surface area (Å²) in [6, 6.07) is 5.66. The molecule has 1 saturated heterocycles. The van der Waals surface area contributed by atoms with E-state index in [4.69, 9.17) is 0 Å². The molecule has 4 amide bonds. The number of hydrogen-bond donors (Lipinski definition) is 2. The molecule has 1 aromatic carbocycles. The molecule has 2 N–H and O–H groups in total. The molecule has 1 heterocycles. The number of urea groups is 1. The van der Waals surface area contributed by atoms with E-state index in [9.17, 15) is 14.4 Å².